The number of nitrogens with zero attached hydrogens (tertiary/aromatic N) is 6. The van der Waals surface area contributed by atoms with E-state index in [0.717, 1.165) is 0 Å². The van der Waals surface area contributed by atoms with Crippen molar-refractivity contribution in [3.8, 4) is 11.1 Å². The number of ether oxygens (including phenoxy) is 1. The Hall–Kier alpha value is -3.95. The lowest BCUT2D eigenvalue weighted by Crippen LogP contribution is -2.15. The summed E-state index contributed by atoms with van der Waals surface area (Å²) >= 11 is 0. The highest BCUT2D eigenvalue weighted by molar-refractivity contribution is 6.13. The normalized spacial score (nSPS) is 11.1. The first kappa shape index (κ1) is 18.4. The van der Waals surface area contributed by atoms with Crippen molar-refractivity contribution in [1.29, 1.82) is 0 Å². The van der Waals surface area contributed by atoms with Crippen LogP contribution in [0.5, 0.6) is 0 Å². The lowest BCUT2D eigenvalue weighted by Gasteiger charge is -2.11. The van der Waals surface area contributed by atoms with E-state index in [1.54, 1.807) is 32.3 Å². The first-order valence-electron chi connectivity index (χ1n) is 8.87. The fourth-order valence-electron chi connectivity index (χ4n) is 3.30. The Balaban J connectivity index is 2.14. The molecule has 4 aromatic rings. The summed E-state index contributed by atoms with van der Waals surface area (Å²) in [5, 5.41) is 13.0. The molecule has 0 unspecified atom stereocenters. The average molecular weight is 391 g/mol. The number of Topliss-reactive ketones (excluding diaryl/α,β-unsaturated/α-hetero) is 1. The molecular weight excluding hydrogens is 374 g/mol. The van der Waals surface area contributed by atoms with Gasteiger partial charge < -0.3 is 10.5 Å². The number of hydrogen-bond donors (Lipinski definition) is 1. The van der Waals surface area contributed by atoms with Crippen molar-refractivity contribution in [2.75, 3.05) is 12.3 Å². The Morgan fingerprint density at radius 3 is 2.72 bits per heavy atom. The maximum absolute atomic E-state index is 12.4. The number of nitrogens with two attached hydrogens (primary N) is 1. The summed E-state index contributed by atoms with van der Waals surface area (Å²) < 4.78 is 6.26. The Morgan fingerprint density at radius 1 is 1.28 bits per heavy atom. The molecule has 0 spiro atoms. The Morgan fingerprint density at radius 2 is 2.07 bits per heavy atom. The number of rotatable bonds is 4. The van der Waals surface area contributed by atoms with Crippen molar-refractivity contribution < 1.29 is 14.3 Å². The van der Waals surface area contributed by atoms with Gasteiger partial charge in [-0.1, -0.05) is 6.07 Å². The summed E-state index contributed by atoms with van der Waals surface area (Å²) in [4.78, 5) is 33.1. The molecule has 0 amide bonds. The molecule has 0 aliphatic rings. The van der Waals surface area contributed by atoms with Gasteiger partial charge in [0.25, 0.3) is 0 Å². The van der Waals surface area contributed by atoms with Gasteiger partial charge in [-0.2, -0.15) is 4.52 Å². The number of pyridine rings is 2. The number of hydrogen-bond acceptors (Lipinski definition) is 9. The van der Waals surface area contributed by atoms with E-state index < -0.39 is 5.97 Å². The highest BCUT2D eigenvalue weighted by Gasteiger charge is 2.25. The molecule has 0 saturated carbocycles. The van der Waals surface area contributed by atoms with Gasteiger partial charge in [-0.15, -0.1) is 15.3 Å². The third-order valence-electron chi connectivity index (χ3n) is 4.46. The van der Waals surface area contributed by atoms with E-state index in [0.29, 0.717) is 33.4 Å². The van der Waals surface area contributed by atoms with Gasteiger partial charge in [0.15, 0.2) is 22.9 Å². The second-order valence-corrected chi connectivity index (χ2v) is 6.33. The van der Waals surface area contributed by atoms with E-state index >= 15 is 0 Å². The highest BCUT2D eigenvalue weighted by atomic mass is 16.5. The summed E-state index contributed by atoms with van der Waals surface area (Å²) in [6.45, 7) is 5.06. The smallest absolute Gasteiger partial charge is 0.362 e. The van der Waals surface area contributed by atoms with Crippen LogP contribution in [0.15, 0.2) is 24.5 Å². The third-order valence-corrected chi connectivity index (χ3v) is 4.46. The number of fused-ring (bicyclic) bond motifs is 3. The number of anilines is 1. The number of aromatic nitrogens is 6. The summed E-state index contributed by atoms with van der Waals surface area (Å²) in [6.07, 6.45) is 3.29. The van der Waals surface area contributed by atoms with E-state index in [1.165, 1.54) is 11.4 Å². The quantitative estimate of drug-likeness (QED) is 0.409. The average Bonchev–Trinajstić information content (AvgIpc) is 3.06. The van der Waals surface area contributed by atoms with Crippen LogP contribution in [0.4, 0.5) is 5.82 Å². The second kappa shape index (κ2) is 6.89. The molecule has 0 aliphatic carbocycles. The van der Waals surface area contributed by atoms with Gasteiger partial charge in [-0.05, 0) is 26.8 Å². The topological polar surface area (TPSA) is 138 Å². The third kappa shape index (κ3) is 2.85. The van der Waals surface area contributed by atoms with Gasteiger partial charge in [-0.3, -0.25) is 9.78 Å². The van der Waals surface area contributed by atoms with Crippen molar-refractivity contribution in [2.24, 2.45) is 0 Å². The second-order valence-electron chi connectivity index (χ2n) is 6.33. The Labute approximate surface area is 164 Å². The highest BCUT2D eigenvalue weighted by Crippen LogP contribution is 2.35. The van der Waals surface area contributed by atoms with Gasteiger partial charge in [-0.25, -0.2) is 9.78 Å². The minimum Gasteiger partial charge on any atom is -0.461 e. The number of carbonyl (C=O) groups is 2. The molecule has 0 radical (unpaired) electrons. The molecule has 0 aliphatic heterocycles. The van der Waals surface area contributed by atoms with E-state index in [-0.39, 0.29) is 29.5 Å². The lowest BCUT2D eigenvalue weighted by atomic mass is 9.95. The molecule has 10 heteroatoms. The molecule has 0 atom stereocenters. The van der Waals surface area contributed by atoms with Gasteiger partial charge in [0.05, 0.1) is 17.7 Å². The monoisotopic (exact) mass is 391 g/mol. The number of ketones is 1. The predicted octanol–water partition coefficient (Wildman–Crippen LogP) is 2.00. The van der Waals surface area contributed by atoms with E-state index in [1.807, 2.05) is 6.07 Å². The number of aryl methyl sites for hydroxylation is 1. The van der Waals surface area contributed by atoms with Crippen LogP contribution in [-0.4, -0.2) is 48.1 Å². The van der Waals surface area contributed by atoms with Crippen LogP contribution in [0.2, 0.25) is 0 Å². The molecule has 4 aromatic heterocycles. The maximum Gasteiger partial charge on any atom is 0.362 e. The van der Waals surface area contributed by atoms with Crippen LogP contribution in [0.25, 0.3) is 27.8 Å². The SMILES string of the molecule is CCOC(=O)c1nnc2c3c(-c4cccnc4)c(C(C)=O)c(C)nc3nn2c1N. The molecule has 0 fully saturated rings. The van der Waals surface area contributed by atoms with Crippen LogP contribution >= 0.6 is 0 Å². The van der Waals surface area contributed by atoms with Crippen molar-refractivity contribution in [3.05, 3.63) is 41.5 Å². The van der Waals surface area contributed by atoms with Crippen LogP contribution in [-0.2, 0) is 4.74 Å². The molecule has 10 nitrogen and oxygen atoms in total. The molecule has 0 bridgehead atoms. The van der Waals surface area contributed by atoms with E-state index in [9.17, 15) is 9.59 Å². The van der Waals surface area contributed by atoms with Gasteiger partial charge in [0.2, 0.25) is 5.69 Å². The van der Waals surface area contributed by atoms with Crippen molar-refractivity contribution in [2.45, 2.75) is 20.8 Å². The molecule has 4 rings (SSSR count). The number of esters is 1. The van der Waals surface area contributed by atoms with Gasteiger partial charge >= 0.3 is 5.97 Å². The van der Waals surface area contributed by atoms with Crippen molar-refractivity contribution in [3.63, 3.8) is 0 Å². The number of carbonyl (C=O) groups excluding carboxylic acids is 2. The largest absolute Gasteiger partial charge is 0.461 e. The first-order valence-corrected chi connectivity index (χ1v) is 8.87. The van der Waals surface area contributed by atoms with Gasteiger partial charge in [0.1, 0.15) is 0 Å². The predicted molar refractivity (Wildman–Crippen MR) is 104 cm³/mol. The van der Waals surface area contributed by atoms with E-state index in [4.69, 9.17) is 10.5 Å². The molecule has 29 heavy (non-hydrogen) atoms. The Kier molecular flexibility index (Phi) is 4.38. The van der Waals surface area contributed by atoms with Crippen LogP contribution in [0, 0.1) is 6.92 Å². The zero-order chi connectivity index (χ0) is 20.7. The summed E-state index contributed by atoms with van der Waals surface area (Å²) in [7, 11) is 0. The Bertz CT molecular complexity index is 1280. The van der Waals surface area contributed by atoms with Crippen molar-refractivity contribution >= 4 is 34.3 Å². The fraction of sp³-hybridized carbons (Fsp3) is 0.211. The fourth-order valence-corrected chi connectivity index (χ4v) is 3.30. The van der Waals surface area contributed by atoms with Gasteiger partial charge in [0, 0.05) is 29.1 Å². The first-order chi connectivity index (χ1) is 13.9. The number of nitrogen functional groups attached to an aromatic ring is 1. The van der Waals surface area contributed by atoms with E-state index in [2.05, 4.69) is 25.3 Å². The molecule has 2 N–H and O–H groups in total. The molecule has 0 saturated heterocycles. The molecular formula is C19H17N7O3. The zero-order valence-corrected chi connectivity index (χ0v) is 16.0. The molecule has 4 heterocycles. The minimum absolute atomic E-state index is 0.0226. The summed E-state index contributed by atoms with van der Waals surface area (Å²) in [5.74, 6) is -0.871. The lowest BCUT2D eigenvalue weighted by molar-refractivity contribution is 0.0518. The zero-order valence-electron chi connectivity index (χ0n) is 16.0. The van der Waals surface area contributed by atoms with Crippen LogP contribution in [0.1, 0.15) is 40.4 Å². The van der Waals surface area contributed by atoms with Crippen molar-refractivity contribution in [1.82, 2.24) is 29.8 Å². The standard InChI is InChI=1S/C19H17N7O3/c1-4-29-19(28)15-16(20)26-18(24-23-15)14-13(11-6-5-7-21-8-11)12(10(3)27)9(2)22-17(14)25-26/h5-8H,4,20H2,1-3H3. The minimum atomic E-state index is -0.694. The molecule has 146 valence electrons. The van der Waals surface area contributed by atoms with Crippen LogP contribution < -0.4 is 5.73 Å². The molecule has 0 aromatic carbocycles. The maximum atomic E-state index is 12.4. The van der Waals surface area contributed by atoms with Crippen LogP contribution in [0.3, 0.4) is 0 Å². The summed E-state index contributed by atoms with van der Waals surface area (Å²) in [6, 6.07) is 3.60. The summed E-state index contributed by atoms with van der Waals surface area (Å²) in [5.41, 5.74) is 8.86.